The fraction of sp³-hybridized carbons (Fsp3) is 0.133. The van der Waals surface area contributed by atoms with Crippen LogP contribution >= 0.6 is 38.6 Å². The number of hydrogen-bond donors (Lipinski definition) is 1. The number of nitrogens with one attached hydrogen (secondary N) is 1. The molecule has 21 heavy (non-hydrogen) atoms. The molecule has 0 bridgehead atoms. The molecule has 0 atom stereocenters. The molecule has 3 aromatic heterocycles. The summed E-state index contributed by atoms with van der Waals surface area (Å²) in [7, 11) is 0. The van der Waals surface area contributed by atoms with Gasteiger partial charge in [0.15, 0.2) is 0 Å². The topological polar surface area (TPSA) is 34.0 Å². The van der Waals surface area contributed by atoms with Gasteiger partial charge in [-0.15, -0.1) is 22.7 Å². The molecule has 0 saturated carbocycles. The number of nitrogens with zero attached hydrogens (tertiary/aromatic N) is 1. The molecule has 0 aliphatic rings. The lowest BCUT2D eigenvalue weighted by Gasteiger charge is -2.06. The Balaban J connectivity index is 1.62. The first-order chi connectivity index (χ1) is 10.2. The summed E-state index contributed by atoms with van der Waals surface area (Å²) in [6, 6.07) is 9.99. The summed E-state index contributed by atoms with van der Waals surface area (Å²) in [6.07, 6.45) is 4.75. The molecule has 0 aromatic carbocycles. The Bertz CT molecular complexity index is 731. The summed E-state index contributed by atoms with van der Waals surface area (Å²) in [5, 5.41) is 4.94. The highest BCUT2D eigenvalue weighted by Crippen LogP contribution is 2.23. The van der Waals surface area contributed by atoms with Crippen LogP contribution in [0.2, 0.25) is 0 Å². The number of carbonyl (C=O) groups excluding carboxylic acids is 1. The molecule has 0 aliphatic heterocycles. The highest BCUT2D eigenvalue weighted by atomic mass is 79.9. The van der Waals surface area contributed by atoms with Crippen molar-refractivity contribution >= 4 is 44.5 Å². The number of thiophene rings is 2. The van der Waals surface area contributed by atoms with E-state index in [1.165, 1.54) is 16.2 Å². The molecule has 0 fully saturated rings. The Hall–Kier alpha value is -1.37. The lowest BCUT2D eigenvalue weighted by molar-refractivity contribution is 0.0958. The molecular weight excluding hydrogens is 368 g/mol. The van der Waals surface area contributed by atoms with Crippen LogP contribution < -0.4 is 5.32 Å². The highest BCUT2D eigenvalue weighted by Gasteiger charge is 2.13. The van der Waals surface area contributed by atoms with Gasteiger partial charge in [-0.2, -0.15) is 0 Å². The van der Waals surface area contributed by atoms with Crippen molar-refractivity contribution in [3.05, 3.63) is 61.6 Å². The molecule has 0 saturated heterocycles. The van der Waals surface area contributed by atoms with Crippen molar-refractivity contribution in [2.75, 3.05) is 6.54 Å². The third kappa shape index (κ3) is 3.45. The maximum Gasteiger partial charge on any atom is 0.263 e. The summed E-state index contributed by atoms with van der Waals surface area (Å²) in [5.41, 5.74) is 0.932. The molecule has 3 nitrogen and oxygen atoms in total. The first-order valence-electron chi connectivity index (χ1n) is 6.47. The lowest BCUT2D eigenvalue weighted by atomic mass is 10.3. The summed E-state index contributed by atoms with van der Waals surface area (Å²) >= 11 is 6.62. The van der Waals surface area contributed by atoms with Gasteiger partial charge in [0, 0.05) is 23.8 Å². The van der Waals surface area contributed by atoms with Crippen LogP contribution in [0.25, 0.3) is 5.69 Å². The van der Waals surface area contributed by atoms with Crippen LogP contribution in [-0.4, -0.2) is 17.0 Å². The molecule has 0 radical (unpaired) electrons. The van der Waals surface area contributed by atoms with Crippen molar-refractivity contribution in [2.45, 2.75) is 6.42 Å². The normalized spacial score (nSPS) is 10.7. The molecule has 108 valence electrons. The second-order valence-electron chi connectivity index (χ2n) is 4.44. The molecule has 3 aromatic rings. The number of aromatic nitrogens is 1. The van der Waals surface area contributed by atoms with Crippen molar-refractivity contribution in [2.24, 2.45) is 0 Å². The Labute approximate surface area is 139 Å². The smallest absolute Gasteiger partial charge is 0.263 e. The number of carbonyl (C=O) groups is 1. The van der Waals surface area contributed by atoms with Crippen LogP contribution in [0.4, 0.5) is 0 Å². The molecule has 0 aliphatic carbocycles. The van der Waals surface area contributed by atoms with Crippen molar-refractivity contribution in [1.29, 1.82) is 0 Å². The van der Waals surface area contributed by atoms with Crippen LogP contribution in [0.1, 0.15) is 14.5 Å². The second-order valence-corrected chi connectivity index (χ2v) is 7.90. The van der Waals surface area contributed by atoms with Gasteiger partial charge < -0.3 is 9.88 Å². The lowest BCUT2D eigenvalue weighted by Crippen LogP contribution is -2.25. The van der Waals surface area contributed by atoms with E-state index in [2.05, 4.69) is 27.3 Å². The summed E-state index contributed by atoms with van der Waals surface area (Å²) < 4.78 is 3.08. The van der Waals surface area contributed by atoms with Gasteiger partial charge in [-0.3, -0.25) is 4.79 Å². The zero-order chi connectivity index (χ0) is 14.7. The van der Waals surface area contributed by atoms with Gasteiger partial charge in [-0.1, -0.05) is 0 Å². The third-order valence-electron chi connectivity index (χ3n) is 3.02. The molecule has 3 rings (SSSR count). The maximum atomic E-state index is 12.3. The zero-order valence-corrected chi connectivity index (χ0v) is 14.3. The van der Waals surface area contributed by atoms with E-state index >= 15 is 0 Å². The van der Waals surface area contributed by atoms with Crippen LogP contribution in [0.5, 0.6) is 0 Å². The molecule has 3 heterocycles. The average molecular weight is 381 g/mol. The summed E-state index contributed by atoms with van der Waals surface area (Å²) in [4.78, 5) is 14.3. The van der Waals surface area contributed by atoms with Gasteiger partial charge in [0.1, 0.15) is 4.88 Å². The molecule has 0 unspecified atom stereocenters. The number of amides is 1. The monoisotopic (exact) mass is 380 g/mol. The SMILES string of the molecule is O=C(NCCc1ccc(Br)s1)c1sccc1-n1cccc1. The van der Waals surface area contributed by atoms with Gasteiger partial charge in [0.2, 0.25) is 0 Å². The average Bonchev–Trinajstić information content (AvgIpc) is 3.19. The molecule has 6 heteroatoms. The van der Waals surface area contributed by atoms with Crippen molar-refractivity contribution in [1.82, 2.24) is 9.88 Å². The zero-order valence-electron chi connectivity index (χ0n) is 11.1. The first kappa shape index (κ1) is 14.6. The largest absolute Gasteiger partial charge is 0.351 e. The quantitative estimate of drug-likeness (QED) is 0.701. The van der Waals surface area contributed by atoms with E-state index in [1.54, 1.807) is 11.3 Å². The minimum atomic E-state index is -0.00989. The fourth-order valence-electron chi connectivity index (χ4n) is 2.04. The number of halogens is 1. The van der Waals surface area contributed by atoms with Crippen LogP contribution in [0, 0.1) is 0 Å². The van der Waals surface area contributed by atoms with Crippen molar-refractivity contribution < 1.29 is 4.79 Å². The fourth-order valence-corrected chi connectivity index (χ4v) is 4.33. The van der Waals surface area contributed by atoms with E-state index in [0.29, 0.717) is 6.54 Å². The Kier molecular flexibility index (Phi) is 4.57. The molecule has 1 N–H and O–H groups in total. The van der Waals surface area contributed by atoms with E-state index in [1.807, 2.05) is 46.6 Å². The second kappa shape index (κ2) is 6.60. The van der Waals surface area contributed by atoms with E-state index in [-0.39, 0.29) is 5.91 Å². The summed E-state index contributed by atoms with van der Waals surface area (Å²) in [6.45, 7) is 0.648. The van der Waals surface area contributed by atoms with Gasteiger partial charge in [-0.05, 0) is 58.1 Å². The molecule has 1 amide bonds. The summed E-state index contributed by atoms with van der Waals surface area (Å²) in [5.74, 6) is -0.00989. The highest BCUT2D eigenvalue weighted by molar-refractivity contribution is 9.11. The van der Waals surface area contributed by atoms with Crippen LogP contribution in [0.15, 0.2) is 51.9 Å². The van der Waals surface area contributed by atoms with Crippen molar-refractivity contribution in [3.8, 4) is 5.69 Å². The van der Waals surface area contributed by atoms with E-state index in [9.17, 15) is 4.79 Å². The first-order valence-corrected chi connectivity index (χ1v) is 8.96. The van der Waals surface area contributed by atoms with Crippen LogP contribution in [-0.2, 0) is 6.42 Å². The van der Waals surface area contributed by atoms with Gasteiger partial charge >= 0.3 is 0 Å². The minimum absolute atomic E-state index is 0.00989. The minimum Gasteiger partial charge on any atom is -0.351 e. The third-order valence-corrected chi connectivity index (χ3v) is 5.60. The predicted octanol–water partition coefficient (Wildman–Crippen LogP) is 4.34. The number of rotatable bonds is 5. The van der Waals surface area contributed by atoms with Crippen LogP contribution in [0.3, 0.4) is 0 Å². The van der Waals surface area contributed by atoms with E-state index < -0.39 is 0 Å². The van der Waals surface area contributed by atoms with Gasteiger partial charge in [0.25, 0.3) is 5.91 Å². The van der Waals surface area contributed by atoms with E-state index in [4.69, 9.17) is 0 Å². The maximum absolute atomic E-state index is 12.3. The predicted molar refractivity (Wildman–Crippen MR) is 91.7 cm³/mol. The Morgan fingerprint density at radius 2 is 2.05 bits per heavy atom. The Morgan fingerprint density at radius 3 is 2.76 bits per heavy atom. The van der Waals surface area contributed by atoms with Gasteiger partial charge in [0.05, 0.1) is 9.47 Å². The van der Waals surface area contributed by atoms with Crippen molar-refractivity contribution in [3.63, 3.8) is 0 Å². The Morgan fingerprint density at radius 1 is 1.24 bits per heavy atom. The molecular formula is C15H13BrN2OS2. The molecule has 0 spiro atoms. The van der Waals surface area contributed by atoms with Gasteiger partial charge in [-0.25, -0.2) is 0 Å². The van der Waals surface area contributed by atoms with E-state index in [0.717, 1.165) is 20.8 Å². The number of hydrogen-bond acceptors (Lipinski definition) is 3. The standard InChI is InChI=1S/C15H13BrN2OS2/c16-13-4-3-11(21-13)5-7-17-15(19)14-12(6-10-20-14)18-8-1-2-9-18/h1-4,6,8-10H,5,7H2,(H,17,19).